The molecule has 1 aliphatic rings. The van der Waals surface area contributed by atoms with Crippen molar-refractivity contribution in [2.45, 2.75) is 24.7 Å². The largest absolute Gasteiger partial charge is 0.385 e. The Kier molecular flexibility index (Phi) is 4.67. The van der Waals surface area contributed by atoms with Crippen molar-refractivity contribution in [1.29, 1.82) is 0 Å². The Morgan fingerprint density at radius 2 is 2.00 bits per heavy atom. The molecule has 1 aromatic rings. The van der Waals surface area contributed by atoms with Gasteiger partial charge in [-0.05, 0) is 63.5 Å². The second kappa shape index (κ2) is 6.11. The molecule has 1 fully saturated rings. The molecule has 112 valence electrons. The van der Waals surface area contributed by atoms with Crippen molar-refractivity contribution in [1.82, 2.24) is 4.90 Å². The number of hydrogen-bond acceptors (Lipinski definition) is 4. The first-order valence-corrected chi connectivity index (χ1v) is 8.47. The molecule has 0 amide bonds. The summed E-state index contributed by atoms with van der Waals surface area (Å²) < 4.78 is 23.0. The van der Waals surface area contributed by atoms with E-state index in [0.29, 0.717) is 11.5 Å². The zero-order valence-corrected chi connectivity index (χ0v) is 12.9. The molecular formula is C14H23N3O2S. The van der Waals surface area contributed by atoms with Gasteiger partial charge in [0.1, 0.15) is 0 Å². The average molecular weight is 297 g/mol. The normalized spacial score (nSPS) is 18.1. The fourth-order valence-electron chi connectivity index (χ4n) is 2.63. The number of benzene rings is 1. The van der Waals surface area contributed by atoms with Crippen molar-refractivity contribution in [2.75, 3.05) is 32.0 Å². The Morgan fingerprint density at radius 3 is 2.60 bits per heavy atom. The van der Waals surface area contributed by atoms with Gasteiger partial charge in [-0.15, -0.1) is 0 Å². The third kappa shape index (κ3) is 3.71. The Bertz CT molecular complexity index is 564. The van der Waals surface area contributed by atoms with Crippen LogP contribution in [0.3, 0.4) is 0 Å². The second-order valence-electron chi connectivity index (χ2n) is 5.60. The van der Waals surface area contributed by atoms with Crippen molar-refractivity contribution in [3.63, 3.8) is 0 Å². The highest BCUT2D eigenvalue weighted by Gasteiger charge is 2.18. The minimum absolute atomic E-state index is 0.200. The monoisotopic (exact) mass is 297 g/mol. The van der Waals surface area contributed by atoms with Gasteiger partial charge in [0.05, 0.1) is 4.90 Å². The van der Waals surface area contributed by atoms with E-state index < -0.39 is 10.0 Å². The lowest BCUT2D eigenvalue weighted by Gasteiger charge is -2.29. The number of nitrogens with two attached hydrogens (primary N) is 1. The van der Waals surface area contributed by atoms with Crippen LogP contribution < -0.4 is 10.5 Å². The minimum atomic E-state index is -3.65. The lowest BCUT2D eigenvalue weighted by Crippen LogP contribution is -2.33. The Hall–Kier alpha value is -1.11. The highest BCUT2D eigenvalue weighted by molar-refractivity contribution is 7.89. The standard InChI is InChI=1S/C14H23N3O2S/c1-11-13(4-3-5-14(11)20(15,18)19)16-10-12-6-8-17(2)9-7-12/h3-5,12,16H,6-10H2,1-2H3,(H2,15,18,19). The van der Waals surface area contributed by atoms with E-state index in [4.69, 9.17) is 5.14 Å². The highest BCUT2D eigenvalue weighted by atomic mass is 32.2. The molecule has 0 saturated carbocycles. The molecule has 3 N–H and O–H groups in total. The van der Waals surface area contributed by atoms with Crippen molar-refractivity contribution in [3.05, 3.63) is 23.8 Å². The van der Waals surface area contributed by atoms with Crippen LogP contribution in [0.1, 0.15) is 18.4 Å². The summed E-state index contributed by atoms with van der Waals surface area (Å²) in [5, 5.41) is 8.59. The molecule has 0 unspecified atom stereocenters. The van der Waals surface area contributed by atoms with Crippen LogP contribution in [0.4, 0.5) is 5.69 Å². The van der Waals surface area contributed by atoms with Crippen molar-refractivity contribution < 1.29 is 8.42 Å². The number of likely N-dealkylation sites (tertiary alicyclic amines) is 1. The summed E-state index contributed by atoms with van der Waals surface area (Å²) in [5.41, 5.74) is 1.55. The van der Waals surface area contributed by atoms with Gasteiger partial charge < -0.3 is 10.2 Å². The lowest BCUT2D eigenvalue weighted by atomic mass is 9.97. The van der Waals surface area contributed by atoms with Crippen LogP contribution >= 0.6 is 0 Å². The molecule has 5 nitrogen and oxygen atoms in total. The van der Waals surface area contributed by atoms with Gasteiger partial charge in [0.15, 0.2) is 0 Å². The first-order valence-electron chi connectivity index (χ1n) is 6.93. The van der Waals surface area contributed by atoms with E-state index in [1.54, 1.807) is 19.1 Å². The van der Waals surface area contributed by atoms with E-state index in [9.17, 15) is 8.42 Å². The Morgan fingerprint density at radius 1 is 1.35 bits per heavy atom. The summed E-state index contributed by atoms with van der Waals surface area (Å²) in [4.78, 5) is 2.54. The number of anilines is 1. The maximum absolute atomic E-state index is 11.5. The smallest absolute Gasteiger partial charge is 0.238 e. The maximum atomic E-state index is 11.5. The number of primary sulfonamides is 1. The van der Waals surface area contributed by atoms with Crippen molar-refractivity contribution >= 4 is 15.7 Å². The zero-order chi connectivity index (χ0) is 14.8. The van der Waals surface area contributed by atoms with Gasteiger partial charge in [0.2, 0.25) is 10.0 Å². The van der Waals surface area contributed by atoms with Crippen molar-refractivity contribution in [3.8, 4) is 0 Å². The summed E-state index contributed by atoms with van der Waals surface area (Å²) in [7, 11) is -1.51. The molecule has 1 heterocycles. The summed E-state index contributed by atoms with van der Waals surface area (Å²) in [6, 6.07) is 5.17. The Labute approximate surface area is 121 Å². The molecule has 0 spiro atoms. The number of piperidine rings is 1. The van der Waals surface area contributed by atoms with Crippen LogP contribution in [0, 0.1) is 12.8 Å². The molecular weight excluding hydrogens is 274 g/mol. The molecule has 6 heteroatoms. The molecule has 1 saturated heterocycles. The Balaban J connectivity index is 2.03. The third-order valence-electron chi connectivity index (χ3n) is 4.01. The lowest BCUT2D eigenvalue weighted by molar-refractivity contribution is 0.226. The fourth-order valence-corrected chi connectivity index (χ4v) is 3.44. The molecule has 0 atom stereocenters. The van der Waals surface area contributed by atoms with Crippen LogP contribution in [0.5, 0.6) is 0 Å². The first kappa shape index (κ1) is 15.3. The number of hydrogen-bond donors (Lipinski definition) is 2. The number of sulfonamides is 1. The fraction of sp³-hybridized carbons (Fsp3) is 0.571. The molecule has 1 aliphatic heterocycles. The van der Waals surface area contributed by atoms with E-state index in [-0.39, 0.29) is 4.90 Å². The molecule has 0 aromatic heterocycles. The quantitative estimate of drug-likeness (QED) is 0.881. The van der Waals surface area contributed by atoms with Gasteiger partial charge >= 0.3 is 0 Å². The zero-order valence-electron chi connectivity index (χ0n) is 12.1. The second-order valence-corrected chi connectivity index (χ2v) is 7.13. The van der Waals surface area contributed by atoms with E-state index in [0.717, 1.165) is 25.3 Å². The topological polar surface area (TPSA) is 75.4 Å². The van der Waals surface area contributed by atoms with Crippen molar-refractivity contribution in [2.24, 2.45) is 11.1 Å². The van der Waals surface area contributed by atoms with E-state index in [2.05, 4.69) is 17.3 Å². The number of rotatable bonds is 4. The molecule has 0 radical (unpaired) electrons. The molecule has 0 aliphatic carbocycles. The van der Waals surface area contributed by atoms with Crippen LogP contribution in [0.15, 0.2) is 23.1 Å². The summed E-state index contributed by atoms with van der Waals surface area (Å²) in [6.07, 6.45) is 2.36. The summed E-state index contributed by atoms with van der Waals surface area (Å²) >= 11 is 0. The predicted molar refractivity (Wildman–Crippen MR) is 81.3 cm³/mol. The van der Waals surface area contributed by atoms with Gasteiger partial charge in [-0.25, -0.2) is 13.6 Å². The van der Waals surface area contributed by atoms with Gasteiger partial charge in [0, 0.05) is 12.2 Å². The van der Waals surface area contributed by atoms with E-state index in [1.807, 2.05) is 6.07 Å². The van der Waals surface area contributed by atoms with Gasteiger partial charge in [-0.3, -0.25) is 0 Å². The first-order chi connectivity index (χ1) is 9.38. The van der Waals surface area contributed by atoms with Gasteiger partial charge in [0.25, 0.3) is 0 Å². The van der Waals surface area contributed by atoms with Gasteiger partial charge in [-0.1, -0.05) is 6.07 Å². The SMILES string of the molecule is Cc1c(NCC2CCN(C)CC2)cccc1S(N)(=O)=O. The number of nitrogens with zero attached hydrogens (tertiary/aromatic N) is 1. The number of nitrogens with one attached hydrogen (secondary N) is 1. The van der Waals surface area contributed by atoms with E-state index >= 15 is 0 Å². The summed E-state index contributed by atoms with van der Waals surface area (Å²) in [6.45, 7) is 4.92. The van der Waals surface area contributed by atoms with E-state index in [1.165, 1.54) is 12.8 Å². The van der Waals surface area contributed by atoms with Gasteiger partial charge in [-0.2, -0.15) is 0 Å². The molecule has 2 rings (SSSR count). The molecule has 0 bridgehead atoms. The predicted octanol–water partition coefficient (Wildman–Crippen LogP) is 1.40. The average Bonchev–Trinajstić information content (AvgIpc) is 2.38. The summed E-state index contributed by atoms with van der Waals surface area (Å²) in [5.74, 6) is 0.642. The van der Waals surface area contributed by atoms with Crippen LogP contribution in [0.2, 0.25) is 0 Å². The third-order valence-corrected chi connectivity index (χ3v) is 5.07. The molecule has 1 aromatic carbocycles. The maximum Gasteiger partial charge on any atom is 0.238 e. The van der Waals surface area contributed by atoms with Crippen LogP contribution in [-0.2, 0) is 10.0 Å². The molecule has 20 heavy (non-hydrogen) atoms. The minimum Gasteiger partial charge on any atom is -0.385 e. The van der Waals surface area contributed by atoms with Crippen LogP contribution in [0.25, 0.3) is 0 Å². The van der Waals surface area contributed by atoms with Crippen LogP contribution in [-0.4, -0.2) is 40.0 Å². The highest BCUT2D eigenvalue weighted by Crippen LogP contribution is 2.23.